The Bertz CT molecular complexity index is 504. The summed E-state index contributed by atoms with van der Waals surface area (Å²) in [4.78, 5) is 14.4. The number of amides is 1. The maximum absolute atomic E-state index is 12.5. The Morgan fingerprint density at radius 1 is 1.35 bits per heavy atom. The Balaban J connectivity index is 1.87. The van der Waals surface area contributed by atoms with Crippen LogP contribution < -0.4 is 0 Å². The molecular weight excluding hydrogens is 314 g/mol. The summed E-state index contributed by atoms with van der Waals surface area (Å²) in [5.41, 5.74) is -0.840. The van der Waals surface area contributed by atoms with Crippen LogP contribution in [0.15, 0.2) is 12.4 Å². The third-order valence-corrected chi connectivity index (χ3v) is 4.87. The van der Waals surface area contributed by atoms with E-state index < -0.39 is 5.60 Å². The van der Waals surface area contributed by atoms with Gasteiger partial charge in [0.2, 0.25) is 5.91 Å². The number of carbonyl (C=O) groups is 1. The van der Waals surface area contributed by atoms with Gasteiger partial charge in [0, 0.05) is 19.3 Å². The molecule has 1 amide bonds. The van der Waals surface area contributed by atoms with Crippen LogP contribution in [-0.4, -0.2) is 44.4 Å². The van der Waals surface area contributed by atoms with Gasteiger partial charge in [-0.25, -0.2) is 0 Å². The van der Waals surface area contributed by atoms with Crippen LogP contribution in [0.25, 0.3) is 0 Å². The monoisotopic (exact) mass is 341 g/mol. The summed E-state index contributed by atoms with van der Waals surface area (Å²) in [5, 5.41) is 15.6. The summed E-state index contributed by atoms with van der Waals surface area (Å²) in [7, 11) is 0. The van der Waals surface area contributed by atoms with Crippen molar-refractivity contribution in [2.75, 3.05) is 13.1 Å². The van der Waals surface area contributed by atoms with E-state index >= 15 is 0 Å². The first-order chi connectivity index (χ1) is 11.0. The number of hydrogen-bond acceptors (Lipinski definition) is 3. The van der Waals surface area contributed by atoms with E-state index in [-0.39, 0.29) is 12.3 Å². The molecule has 5 nitrogen and oxygen atoms in total. The standard InChI is InChI=1S/C17H28ClN3O2/c1-3-7-17(23,8-4-2)11-16(22)20-9-5-15(6-10-20)21-13-14(18)12-19-21/h12-13,15,23H,3-11H2,1-2H3. The highest BCUT2D eigenvalue weighted by Gasteiger charge is 2.32. The van der Waals surface area contributed by atoms with Gasteiger partial charge in [0.25, 0.3) is 0 Å². The topological polar surface area (TPSA) is 58.4 Å². The summed E-state index contributed by atoms with van der Waals surface area (Å²) in [6, 6.07) is 0.303. The highest BCUT2D eigenvalue weighted by Crippen LogP contribution is 2.27. The molecule has 1 fully saturated rings. The van der Waals surface area contributed by atoms with Gasteiger partial charge in [0.05, 0.1) is 29.3 Å². The Morgan fingerprint density at radius 3 is 2.43 bits per heavy atom. The van der Waals surface area contributed by atoms with Gasteiger partial charge in [-0.2, -0.15) is 5.10 Å². The minimum Gasteiger partial charge on any atom is -0.389 e. The minimum absolute atomic E-state index is 0.0753. The zero-order valence-electron chi connectivity index (χ0n) is 14.2. The van der Waals surface area contributed by atoms with Crippen LogP contribution in [-0.2, 0) is 4.79 Å². The lowest BCUT2D eigenvalue weighted by atomic mass is 9.88. The van der Waals surface area contributed by atoms with E-state index in [1.165, 1.54) is 0 Å². The van der Waals surface area contributed by atoms with Crippen molar-refractivity contribution in [3.63, 3.8) is 0 Å². The second-order valence-corrected chi connectivity index (χ2v) is 7.09. The molecule has 1 aliphatic heterocycles. The number of aliphatic hydroxyl groups is 1. The molecule has 1 N–H and O–H groups in total. The SMILES string of the molecule is CCCC(O)(CCC)CC(=O)N1CCC(n2cc(Cl)cn2)CC1. The normalized spacial score (nSPS) is 16.8. The molecule has 1 aliphatic rings. The van der Waals surface area contributed by atoms with Gasteiger partial charge >= 0.3 is 0 Å². The molecule has 0 radical (unpaired) electrons. The van der Waals surface area contributed by atoms with Crippen molar-refractivity contribution in [1.29, 1.82) is 0 Å². The minimum atomic E-state index is -0.840. The van der Waals surface area contributed by atoms with Gasteiger partial charge in [-0.1, -0.05) is 38.3 Å². The Labute approximate surface area is 143 Å². The first-order valence-corrected chi connectivity index (χ1v) is 9.05. The molecule has 1 saturated heterocycles. The maximum atomic E-state index is 12.5. The molecular formula is C17H28ClN3O2. The molecule has 23 heavy (non-hydrogen) atoms. The Morgan fingerprint density at radius 2 is 1.96 bits per heavy atom. The Hall–Kier alpha value is -1.07. The fraction of sp³-hybridized carbons (Fsp3) is 0.765. The van der Waals surface area contributed by atoms with Crippen molar-refractivity contribution >= 4 is 17.5 Å². The number of aromatic nitrogens is 2. The molecule has 0 spiro atoms. The third kappa shape index (κ3) is 4.95. The average Bonchev–Trinajstić information content (AvgIpc) is 2.94. The third-order valence-electron chi connectivity index (χ3n) is 4.67. The molecule has 0 saturated carbocycles. The van der Waals surface area contributed by atoms with Crippen molar-refractivity contribution in [3.05, 3.63) is 17.4 Å². The molecule has 2 heterocycles. The molecule has 0 unspecified atom stereocenters. The zero-order valence-corrected chi connectivity index (χ0v) is 14.9. The van der Waals surface area contributed by atoms with Crippen molar-refractivity contribution in [2.45, 2.75) is 70.4 Å². The molecule has 2 rings (SSSR count). The number of likely N-dealkylation sites (tertiary alicyclic amines) is 1. The molecule has 0 aliphatic carbocycles. The van der Waals surface area contributed by atoms with E-state index in [0.717, 1.165) is 38.8 Å². The van der Waals surface area contributed by atoms with Crippen LogP contribution in [0.4, 0.5) is 0 Å². The number of rotatable bonds is 7. The van der Waals surface area contributed by atoms with Crippen LogP contribution in [0, 0.1) is 0 Å². The van der Waals surface area contributed by atoms with Crippen LogP contribution >= 0.6 is 11.6 Å². The first-order valence-electron chi connectivity index (χ1n) is 8.67. The van der Waals surface area contributed by atoms with Gasteiger partial charge < -0.3 is 10.0 Å². The number of hydrogen-bond donors (Lipinski definition) is 1. The second-order valence-electron chi connectivity index (χ2n) is 6.65. The van der Waals surface area contributed by atoms with Crippen LogP contribution in [0.1, 0.15) is 64.8 Å². The van der Waals surface area contributed by atoms with Gasteiger partial charge in [-0.05, 0) is 25.7 Å². The fourth-order valence-corrected chi connectivity index (χ4v) is 3.66. The zero-order chi connectivity index (χ0) is 16.9. The second kappa shape index (κ2) is 8.15. The average molecular weight is 342 g/mol. The molecule has 0 atom stereocenters. The first kappa shape index (κ1) is 18.3. The predicted molar refractivity (Wildman–Crippen MR) is 91.5 cm³/mol. The fourth-order valence-electron chi connectivity index (χ4n) is 3.52. The lowest BCUT2D eigenvalue weighted by Crippen LogP contribution is -2.43. The number of piperidine rings is 1. The summed E-state index contributed by atoms with van der Waals surface area (Å²) in [6.45, 7) is 5.53. The van der Waals surface area contributed by atoms with E-state index in [1.807, 2.05) is 29.6 Å². The van der Waals surface area contributed by atoms with Crippen LogP contribution in [0.2, 0.25) is 5.02 Å². The number of halogens is 1. The molecule has 1 aromatic rings. The largest absolute Gasteiger partial charge is 0.389 e. The summed E-state index contributed by atoms with van der Waals surface area (Å²) in [5.74, 6) is 0.0753. The summed E-state index contributed by atoms with van der Waals surface area (Å²) < 4.78 is 1.90. The van der Waals surface area contributed by atoms with E-state index in [2.05, 4.69) is 5.10 Å². The highest BCUT2D eigenvalue weighted by molar-refractivity contribution is 6.30. The smallest absolute Gasteiger partial charge is 0.225 e. The van der Waals surface area contributed by atoms with Crippen molar-refractivity contribution < 1.29 is 9.90 Å². The number of nitrogens with zero attached hydrogens (tertiary/aromatic N) is 3. The molecule has 130 valence electrons. The molecule has 0 bridgehead atoms. The maximum Gasteiger partial charge on any atom is 0.225 e. The summed E-state index contributed by atoms with van der Waals surface area (Å²) >= 11 is 5.92. The molecule has 0 aromatic carbocycles. The predicted octanol–water partition coefficient (Wildman–Crippen LogP) is 3.42. The van der Waals surface area contributed by atoms with Gasteiger partial charge in [-0.3, -0.25) is 9.48 Å². The van der Waals surface area contributed by atoms with E-state index in [9.17, 15) is 9.90 Å². The van der Waals surface area contributed by atoms with Gasteiger partial charge in [-0.15, -0.1) is 0 Å². The lowest BCUT2D eigenvalue weighted by Gasteiger charge is -2.35. The van der Waals surface area contributed by atoms with Crippen molar-refractivity contribution in [1.82, 2.24) is 14.7 Å². The van der Waals surface area contributed by atoms with Crippen molar-refractivity contribution in [3.8, 4) is 0 Å². The van der Waals surface area contributed by atoms with E-state index in [1.54, 1.807) is 6.20 Å². The quantitative estimate of drug-likeness (QED) is 0.826. The number of carbonyl (C=O) groups excluding carboxylic acids is 1. The molecule has 6 heteroatoms. The van der Waals surface area contributed by atoms with E-state index in [4.69, 9.17) is 11.6 Å². The van der Waals surface area contributed by atoms with E-state index in [0.29, 0.717) is 23.9 Å². The Kier molecular flexibility index (Phi) is 6.48. The van der Waals surface area contributed by atoms with Crippen LogP contribution in [0.3, 0.4) is 0 Å². The van der Waals surface area contributed by atoms with Gasteiger partial charge in [0.1, 0.15) is 0 Å². The lowest BCUT2D eigenvalue weighted by molar-refractivity contribution is -0.138. The van der Waals surface area contributed by atoms with Crippen LogP contribution in [0.5, 0.6) is 0 Å². The highest BCUT2D eigenvalue weighted by atomic mass is 35.5. The van der Waals surface area contributed by atoms with Gasteiger partial charge in [0.15, 0.2) is 0 Å². The summed E-state index contributed by atoms with van der Waals surface area (Å²) in [6.07, 6.45) is 8.65. The van der Waals surface area contributed by atoms with Crippen molar-refractivity contribution in [2.24, 2.45) is 0 Å². The molecule has 1 aromatic heterocycles.